The summed E-state index contributed by atoms with van der Waals surface area (Å²) in [6, 6.07) is 4.68. The van der Waals surface area contributed by atoms with Crippen molar-refractivity contribution in [3.63, 3.8) is 0 Å². The maximum Gasteiger partial charge on any atom is 0.416 e. The van der Waals surface area contributed by atoms with Crippen LogP contribution in [0.25, 0.3) is 0 Å². The Labute approximate surface area is 98.8 Å². The van der Waals surface area contributed by atoms with E-state index in [1.807, 2.05) is 6.07 Å². The Bertz CT molecular complexity index is 419. The minimum Gasteiger partial charge on any atom is -0.330 e. The van der Waals surface area contributed by atoms with Gasteiger partial charge in [-0.2, -0.15) is 13.2 Å². The number of alkyl halides is 3. The maximum atomic E-state index is 12.8. The van der Waals surface area contributed by atoms with Crippen molar-refractivity contribution in [2.45, 2.75) is 37.8 Å². The second kappa shape index (κ2) is 4.02. The van der Waals surface area contributed by atoms with Crippen LogP contribution in [0.15, 0.2) is 18.2 Å². The summed E-state index contributed by atoms with van der Waals surface area (Å²) in [5.74, 6) is 0. The zero-order valence-corrected chi connectivity index (χ0v) is 9.77. The number of aryl methyl sites for hydroxylation is 1. The molecule has 1 aromatic rings. The number of rotatable bonds is 3. The number of halogens is 3. The Balaban J connectivity index is 2.38. The highest BCUT2D eigenvalue weighted by molar-refractivity contribution is 5.39. The standard InChI is InChI=1S/C13H16F3N/c1-9-2-3-10(8-11(9)13(14,15)16)12(4-5-12)6-7-17/h2-3,8H,4-7,17H2,1H3. The molecule has 1 aromatic carbocycles. The molecule has 0 bridgehead atoms. The first-order valence-corrected chi connectivity index (χ1v) is 5.77. The number of benzene rings is 1. The molecule has 2 N–H and O–H groups in total. The molecule has 0 spiro atoms. The molecule has 0 saturated heterocycles. The highest BCUT2D eigenvalue weighted by atomic mass is 19.4. The molecule has 0 heterocycles. The predicted octanol–water partition coefficient (Wildman–Crippen LogP) is 3.39. The average Bonchev–Trinajstić information content (AvgIpc) is 2.98. The summed E-state index contributed by atoms with van der Waals surface area (Å²) in [7, 11) is 0. The maximum absolute atomic E-state index is 12.8. The van der Waals surface area contributed by atoms with Gasteiger partial charge in [-0.15, -0.1) is 0 Å². The van der Waals surface area contributed by atoms with Crippen molar-refractivity contribution in [1.29, 1.82) is 0 Å². The average molecular weight is 243 g/mol. The van der Waals surface area contributed by atoms with Gasteiger partial charge in [0.25, 0.3) is 0 Å². The third kappa shape index (κ3) is 2.32. The summed E-state index contributed by atoms with van der Waals surface area (Å²) in [4.78, 5) is 0. The van der Waals surface area contributed by atoms with Gasteiger partial charge in [0.15, 0.2) is 0 Å². The van der Waals surface area contributed by atoms with Crippen LogP contribution in [0.5, 0.6) is 0 Å². The van der Waals surface area contributed by atoms with Gasteiger partial charge >= 0.3 is 6.18 Å². The Kier molecular flexibility index (Phi) is 2.94. The van der Waals surface area contributed by atoms with Crippen LogP contribution in [0.4, 0.5) is 13.2 Å². The monoisotopic (exact) mass is 243 g/mol. The highest BCUT2D eigenvalue weighted by Gasteiger charge is 2.44. The van der Waals surface area contributed by atoms with Crippen LogP contribution < -0.4 is 5.73 Å². The van der Waals surface area contributed by atoms with E-state index in [1.165, 1.54) is 13.0 Å². The third-order valence-corrected chi connectivity index (χ3v) is 3.63. The largest absolute Gasteiger partial charge is 0.416 e. The predicted molar refractivity (Wildman–Crippen MR) is 60.8 cm³/mol. The lowest BCUT2D eigenvalue weighted by atomic mass is 9.90. The first-order chi connectivity index (χ1) is 7.89. The van der Waals surface area contributed by atoms with Crippen LogP contribution in [-0.4, -0.2) is 6.54 Å². The molecule has 94 valence electrons. The van der Waals surface area contributed by atoms with Crippen LogP contribution in [0.2, 0.25) is 0 Å². The van der Waals surface area contributed by atoms with Crippen molar-refractivity contribution in [2.75, 3.05) is 6.54 Å². The third-order valence-electron chi connectivity index (χ3n) is 3.63. The van der Waals surface area contributed by atoms with Gasteiger partial charge in [0, 0.05) is 0 Å². The molecule has 0 unspecified atom stereocenters. The molecule has 0 aromatic heterocycles. The van der Waals surface area contributed by atoms with E-state index in [0.29, 0.717) is 6.54 Å². The van der Waals surface area contributed by atoms with Crippen LogP contribution >= 0.6 is 0 Å². The lowest BCUT2D eigenvalue weighted by Gasteiger charge is -2.18. The lowest BCUT2D eigenvalue weighted by Crippen LogP contribution is -2.15. The number of hydrogen-bond donors (Lipinski definition) is 1. The molecule has 2 rings (SSSR count). The Morgan fingerprint density at radius 3 is 2.41 bits per heavy atom. The van der Waals surface area contributed by atoms with E-state index in [9.17, 15) is 13.2 Å². The summed E-state index contributed by atoms with van der Waals surface area (Å²) in [5, 5.41) is 0. The lowest BCUT2D eigenvalue weighted by molar-refractivity contribution is -0.138. The van der Waals surface area contributed by atoms with Crippen molar-refractivity contribution < 1.29 is 13.2 Å². The molecule has 0 aliphatic heterocycles. The molecule has 1 aliphatic carbocycles. The molecule has 1 nitrogen and oxygen atoms in total. The topological polar surface area (TPSA) is 26.0 Å². The van der Waals surface area contributed by atoms with Gasteiger partial charge in [0.05, 0.1) is 5.56 Å². The van der Waals surface area contributed by atoms with Gasteiger partial charge in [-0.05, 0) is 55.3 Å². The molecule has 1 saturated carbocycles. The summed E-state index contributed by atoms with van der Waals surface area (Å²) >= 11 is 0. The number of hydrogen-bond acceptors (Lipinski definition) is 1. The first kappa shape index (κ1) is 12.4. The molecule has 0 amide bonds. The van der Waals surface area contributed by atoms with Gasteiger partial charge in [-0.1, -0.05) is 12.1 Å². The fraction of sp³-hybridized carbons (Fsp3) is 0.538. The molecule has 4 heteroatoms. The fourth-order valence-electron chi connectivity index (χ4n) is 2.37. The molecule has 0 radical (unpaired) electrons. The van der Waals surface area contributed by atoms with Gasteiger partial charge in [0.2, 0.25) is 0 Å². The second-order valence-corrected chi connectivity index (χ2v) is 4.85. The van der Waals surface area contributed by atoms with E-state index in [4.69, 9.17) is 5.73 Å². The van der Waals surface area contributed by atoms with E-state index >= 15 is 0 Å². The molecule has 1 aliphatic rings. The summed E-state index contributed by atoms with van der Waals surface area (Å²) < 4.78 is 38.4. The quantitative estimate of drug-likeness (QED) is 0.865. The summed E-state index contributed by atoms with van der Waals surface area (Å²) in [6.07, 6.45) is -1.60. The van der Waals surface area contributed by atoms with Gasteiger partial charge in [-0.25, -0.2) is 0 Å². The Hall–Kier alpha value is -1.03. The van der Waals surface area contributed by atoms with E-state index in [2.05, 4.69) is 0 Å². The van der Waals surface area contributed by atoms with Gasteiger partial charge < -0.3 is 5.73 Å². The van der Waals surface area contributed by atoms with E-state index in [1.54, 1.807) is 6.07 Å². The molecule has 1 fully saturated rings. The molecular formula is C13H16F3N. The first-order valence-electron chi connectivity index (χ1n) is 5.77. The molecule has 17 heavy (non-hydrogen) atoms. The van der Waals surface area contributed by atoms with Crippen LogP contribution in [0.1, 0.15) is 36.0 Å². The smallest absolute Gasteiger partial charge is 0.330 e. The Morgan fingerprint density at radius 1 is 1.29 bits per heavy atom. The van der Waals surface area contributed by atoms with Crippen molar-refractivity contribution in [3.8, 4) is 0 Å². The van der Waals surface area contributed by atoms with Gasteiger partial charge in [0.1, 0.15) is 0 Å². The number of nitrogens with two attached hydrogens (primary N) is 1. The molecular weight excluding hydrogens is 227 g/mol. The van der Waals surface area contributed by atoms with Crippen molar-refractivity contribution in [2.24, 2.45) is 5.73 Å². The minimum atomic E-state index is -4.26. The minimum absolute atomic E-state index is 0.0809. The zero-order valence-electron chi connectivity index (χ0n) is 9.77. The Morgan fingerprint density at radius 2 is 1.94 bits per heavy atom. The van der Waals surface area contributed by atoms with Crippen LogP contribution in [0.3, 0.4) is 0 Å². The second-order valence-electron chi connectivity index (χ2n) is 4.85. The highest BCUT2D eigenvalue weighted by Crippen LogP contribution is 2.51. The normalized spacial score (nSPS) is 18.2. The fourth-order valence-corrected chi connectivity index (χ4v) is 2.37. The van der Waals surface area contributed by atoms with Crippen LogP contribution in [0, 0.1) is 6.92 Å². The van der Waals surface area contributed by atoms with Crippen molar-refractivity contribution in [1.82, 2.24) is 0 Å². The molecule has 0 atom stereocenters. The van der Waals surface area contributed by atoms with Crippen LogP contribution in [-0.2, 0) is 11.6 Å². The van der Waals surface area contributed by atoms with Crippen molar-refractivity contribution >= 4 is 0 Å². The summed E-state index contributed by atoms with van der Waals surface area (Å²) in [5.41, 5.74) is 6.00. The van der Waals surface area contributed by atoms with Gasteiger partial charge in [-0.3, -0.25) is 0 Å². The zero-order chi connectivity index (χ0) is 12.7. The van der Waals surface area contributed by atoms with E-state index < -0.39 is 11.7 Å². The van der Waals surface area contributed by atoms with Crippen molar-refractivity contribution in [3.05, 3.63) is 34.9 Å². The SMILES string of the molecule is Cc1ccc(C2(CCN)CC2)cc1C(F)(F)F. The van der Waals surface area contributed by atoms with E-state index in [0.717, 1.165) is 24.8 Å². The summed E-state index contributed by atoms with van der Waals surface area (Å²) in [6.45, 7) is 2.02. The van der Waals surface area contributed by atoms with E-state index in [-0.39, 0.29) is 11.0 Å².